The Morgan fingerprint density at radius 1 is 1.14 bits per heavy atom. The van der Waals surface area contributed by atoms with Crippen molar-refractivity contribution in [2.24, 2.45) is 0 Å². The highest BCUT2D eigenvalue weighted by Crippen LogP contribution is 2.07. The Morgan fingerprint density at radius 3 is 2.50 bits per heavy atom. The molecule has 0 aromatic heterocycles. The van der Waals surface area contributed by atoms with Crippen molar-refractivity contribution < 1.29 is 14.7 Å². The highest BCUT2D eigenvalue weighted by Gasteiger charge is 2.21. The Labute approximate surface area is 127 Å². The summed E-state index contributed by atoms with van der Waals surface area (Å²) in [7, 11) is 0. The van der Waals surface area contributed by atoms with Crippen LogP contribution in [0.15, 0.2) is 54.6 Å². The molecule has 2 N–H and O–H groups in total. The van der Waals surface area contributed by atoms with E-state index in [9.17, 15) is 14.7 Å². The molecule has 2 aromatic carbocycles. The molecular weight excluding hydrogens is 280 g/mol. The molecule has 0 saturated carbocycles. The van der Waals surface area contributed by atoms with Crippen LogP contribution in [0.4, 0.5) is 0 Å². The van der Waals surface area contributed by atoms with E-state index >= 15 is 0 Å². The standard InChI is InChI=1S/C17H14N2O3/c18-11-13-7-4-8-14(9-13)16(20)19-15(17(21)22)10-12-5-2-1-3-6-12/h1-9,15H,10H2,(H,19,20)(H,21,22). The first-order valence-corrected chi connectivity index (χ1v) is 6.68. The van der Waals surface area contributed by atoms with Gasteiger partial charge in [0.1, 0.15) is 6.04 Å². The Hall–Kier alpha value is -3.13. The first-order valence-electron chi connectivity index (χ1n) is 6.68. The van der Waals surface area contributed by atoms with Crippen molar-refractivity contribution in [1.29, 1.82) is 5.26 Å². The highest BCUT2D eigenvalue weighted by molar-refractivity contribution is 5.96. The van der Waals surface area contributed by atoms with Gasteiger partial charge in [-0.25, -0.2) is 4.79 Å². The van der Waals surface area contributed by atoms with Gasteiger partial charge in [-0.15, -0.1) is 0 Å². The predicted molar refractivity (Wildman–Crippen MR) is 80.2 cm³/mol. The number of rotatable bonds is 5. The van der Waals surface area contributed by atoms with E-state index in [4.69, 9.17) is 5.26 Å². The van der Waals surface area contributed by atoms with Gasteiger partial charge in [-0.1, -0.05) is 36.4 Å². The largest absolute Gasteiger partial charge is 0.480 e. The Balaban J connectivity index is 2.12. The van der Waals surface area contributed by atoms with Gasteiger partial charge >= 0.3 is 5.97 Å². The fraction of sp³-hybridized carbons (Fsp3) is 0.118. The topological polar surface area (TPSA) is 90.2 Å². The van der Waals surface area contributed by atoms with Gasteiger partial charge < -0.3 is 10.4 Å². The summed E-state index contributed by atoms with van der Waals surface area (Å²) in [6.45, 7) is 0. The minimum absolute atomic E-state index is 0.194. The fourth-order valence-electron chi connectivity index (χ4n) is 2.02. The van der Waals surface area contributed by atoms with Crippen LogP contribution in [-0.4, -0.2) is 23.0 Å². The monoisotopic (exact) mass is 294 g/mol. The summed E-state index contributed by atoms with van der Waals surface area (Å²) in [6, 6.07) is 16.1. The Bertz CT molecular complexity index is 720. The lowest BCUT2D eigenvalue weighted by atomic mass is 10.1. The molecule has 1 unspecified atom stereocenters. The zero-order valence-electron chi connectivity index (χ0n) is 11.7. The second kappa shape index (κ2) is 7.04. The average Bonchev–Trinajstić information content (AvgIpc) is 2.55. The second-order valence-electron chi connectivity index (χ2n) is 4.75. The van der Waals surface area contributed by atoms with Gasteiger partial charge in [0.2, 0.25) is 0 Å². The number of carboxylic acid groups (broad SMARTS) is 1. The van der Waals surface area contributed by atoms with Gasteiger partial charge in [0, 0.05) is 12.0 Å². The van der Waals surface area contributed by atoms with Gasteiger partial charge in [0.25, 0.3) is 5.91 Å². The van der Waals surface area contributed by atoms with Gasteiger partial charge in [-0.05, 0) is 23.8 Å². The third-order valence-corrected chi connectivity index (χ3v) is 3.14. The lowest BCUT2D eigenvalue weighted by Crippen LogP contribution is -2.42. The van der Waals surface area contributed by atoms with Crippen molar-refractivity contribution >= 4 is 11.9 Å². The zero-order chi connectivity index (χ0) is 15.9. The molecular formula is C17H14N2O3. The van der Waals surface area contributed by atoms with Crippen LogP contribution in [0.5, 0.6) is 0 Å². The minimum atomic E-state index is -1.10. The van der Waals surface area contributed by atoms with Crippen LogP contribution >= 0.6 is 0 Å². The first kappa shape index (κ1) is 15.3. The first-order chi connectivity index (χ1) is 10.6. The van der Waals surface area contributed by atoms with Crippen molar-refractivity contribution in [3.63, 3.8) is 0 Å². The Kier molecular flexibility index (Phi) is 4.89. The molecule has 0 fully saturated rings. The summed E-state index contributed by atoms with van der Waals surface area (Å²) in [5.74, 6) is -1.62. The molecule has 0 aliphatic carbocycles. The molecule has 2 aromatic rings. The molecule has 0 aliphatic rings. The molecule has 5 heteroatoms. The number of nitrogens with one attached hydrogen (secondary N) is 1. The van der Waals surface area contributed by atoms with Crippen LogP contribution in [0.25, 0.3) is 0 Å². The van der Waals surface area contributed by atoms with Crippen LogP contribution in [-0.2, 0) is 11.2 Å². The lowest BCUT2D eigenvalue weighted by Gasteiger charge is -2.14. The number of hydrogen-bond acceptors (Lipinski definition) is 3. The molecule has 0 heterocycles. The SMILES string of the molecule is N#Cc1cccc(C(=O)NC(Cc2ccccc2)C(=O)O)c1. The average molecular weight is 294 g/mol. The maximum atomic E-state index is 12.1. The molecule has 0 saturated heterocycles. The summed E-state index contributed by atoms with van der Waals surface area (Å²) in [6.07, 6.45) is 0.194. The third kappa shape index (κ3) is 3.93. The molecule has 0 radical (unpaired) electrons. The van der Waals surface area contributed by atoms with Crippen molar-refractivity contribution in [2.75, 3.05) is 0 Å². The second-order valence-corrected chi connectivity index (χ2v) is 4.75. The van der Waals surface area contributed by atoms with Crippen LogP contribution in [0, 0.1) is 11.3 Å². The summed E-state index contributed by atoms with van der Waals surface area (Å²) < 4.78 is 0. The van der Waals surface area contributed by atoms with Crippen LogP contribution < -0.4 is 5.32 Å². The van der Waals surface area contributed by atoms with Crippen LogP contribution in [0.1, 0.15) is 21.5 Å². The quantitative estimate of drug-likeness (QED) is 0.882. The number of hydrogen-bond donors (Lipinski definition) is 2. The van der Waals surface area contributed by atoms with Gasteiger partial charge in [-0.2, -0.15) is 5.26 Å². The normalized spacial score (nSPS) is 11.2. The van der Waals surface area contributed by atoms with E-state index < -0.39 is 17.9 Å². The lowest BCUT2D eigenvalue weighted by molar-refractivity contribution is -0.139. The molecule has 1 atom stereocenters. The molecule has 5 nitrogen and oxygen atoms in total. The number of benzene rings is 2. The molecule has 1 amide bonds. The minimum Gasteiger partial charge on any atom is -0.480 e. The van der Waals surface area contributed by atoms with E-state index in [1.54, 1.807) is 24.3 Å². The maximum absolute atomic E-state index is 12.1. The van der Waals surface area contributed by atoms with Crippen LogP contribution in [0.3, 0.4) is 0 Å². The van der Waals surface area contributed by atoms with E-state index in [1.165, 1.54) is 12.1 Å². The maximum Gasteiger partial charge on any atom is 0.326 e. The summed E-state index contributed by atoms with van der Waals surface area (Å²) >= 11 is 0. The van der Waals surface area contributed by atoms with Crippen molar-refractivity contribution in [3.05, 3.63) is 71.3 Å². The number of aliphatic carboxylic acids is 1. The molecule has 110 valence electrons. The van der Waals surface area contributed by atoms with Crippen LogP contribution in [0.2, 0.25) is 0 Å². The summed E-state index contributed by atoms with van der Waals surface area (Å²) in [5.41, 5.74) is 1.43. The smallest absolute Gasteiger partial charge is 0.326 e. The van der Waals surface area contributed by atoms with Gasteiger partial charge in [0.05, 0.1) is 11.6 Å². The van der Waals surface area contributed by atoms with Gasteiger partial charge in [-0.3, -0.25) is 4.79 Å². The van der Waals surface area contributed by atoms with E-state index in [0.29, 0.717) is 5.56 Å². The Morgan fingerprint density at radius 2 is 1.86 bits per heavy atom. The molecule has 2 rings (SSSR count). The van der Waals surface area contributed by atoms with Crippen molar-refractivity contribution in [2.45, 2.75) is 12.5 Å². The number of carboxylic acids is 1. The van der Waals surface area contributed by atoms with E-state index in [2.05, 4.69) is 5.32 Å². The third-order valence-electron chi connectivity index (χ3n) is 3.14. The number of carbonyl (C=O) groups is 2. The predicted octanol–water partition coefficient (Wildman–Crippen LogP) is 1.98. The molecule has 0 aliphatic heterocycles. The highest BCUT2D eigenvalue weighted by atomic mass is 16.4. The van der Waals surface area contributed by atoms with E-state index in [0.717, 1.165) is 5.56 Å². The summed E-state index contributed by atoms with van der Waals surface area (Å²) in [4.78, 5) is 23.5. The number of nitriles is 1. The van der Waals surface area contributed by atoms with E-state index in [1.807, 2.05) is 24.3 Å². The zero-order valence-corrected chi connectivity index (χ0v) is 11.7. The molecule has 0 spiro atoms. The van der Waals surface area contributed by atoms with Crippen molar-refractivity contribution in [1.82, 2.24) is 5.32 Å². The summed E-state index contributed by atoms with van der Waals surface area (Å²) in [5, 5.41) is 20.6. The molecule has 0 bridgehead atoms. The number of carbonyl (C=O) groups excluding carboxylic acids is 1. The fourth-order valence-corrected chi connectivity index (χ4v) is 2.02. The number of nitrogens with zero attached hydrogens (tertiary/aromatic N) is 1. The van der Waals surface area contributed by atoms with Crippen molar-refractivity contribution in [3.8, 4) is 6.07 Å². The number of amides is 1. The van der Waals surface area contributed by atoms with E-state index in [-0.39, 0.29) is 12.0 Å². The molecule has 22 heavy (non-hydrogen) atoms. The van der Waals surface area contributed by atoms with Gasteiger partial charge in [0.15, 0.2) is 0 Å².